The zero-order chi connectivity index (χ0) is 9.97. The van der Waals surface area contributed by atoms with Crippen molar-refractivity contribution in [1.82, 2.24) is 4.98 Å². The lowest BCUT2D eigenvalue weighted by Gasteiger charge is -2.15. The van der Waals surface area contributed by atoms with E-state index in [4.69, 9.17) is 0 Å². The number of nitrogens with zero attached hydrogens (tertiary/aromatic N) is 3. The molecule has 0 aromatic carbocycles. The second-order valence-corrected chi connectivity index (χ2v) is 3.30. The highest BCUT2D eigenvalue weighted by Crippen LogP contribution is 2.27. The largest absolute Gasteiger partial charge is 0.351 e. The summed E-state index contributed by atoms with van der Waals surface area (Å²) in [5, 5.41) is 10.7. The monoisotopic (exact) mass is 193 g/mol. The van der Waals surface area contributed by atoms with E-state index < -0.39 is 0 Å². The van der Waals surface area contributed by atoms with E-state index in [0.717, 1.165) is 25.9 Å². The van der Waals surface area contributed by atoms with Crippen molar-refractivity contribution in [2.75, 3.05) is 18.0 Å². The van der Waals surface area contributed by atoms with Crippen LogP contribution < -0.4 is 4.90 Å². The summed E-state index contributed by atoms with van der Waals surface area (Å²) in [6, 6.07) is 3.10. The van der Waals surface area contributed by atoms with Gasteiger partial charge in [-0.15, -0.1) is 0 Å². The smallest absolute Gasteiger partial charge is 0.311 e. The van der Waals surface area contributed by atoms with Crippen molar-refractivity contribution in [3.8, 4) is 0 Å². The average molecular weight is 193 g/mol. The lowest BCUT2D eigenvalue weighted by molar-refractivity contribution is -0.384. The standard InChI is InChI=1S/C9H11N3O2/c13-12(14)8-4-3-5-10-9(8)11-6-1-2-7-11/h3-5H,1-2,6-7H2. The minimum atomic E-state index is -0.374. The maximum atomic E-state index is 10.7. The minimum absolute atomic E-state index is 0.106. The molecule has 5 nitrogen and oxygen atoms in total. The molecule has 0 N–H and O–H groups in total. The van der Waals surface area contributed by atoms with E-state index in [1.54, 1.807) is 12.3 Å². The summed E-state index contributed by atoms with van der Waals surface area (Å²) >= 11 is 0. The molecule has 0 spiro atoms. The number of pyridine rings is 1. The van der Waals surface area contributed by atoms with Gasteiger partial charge in [-0.05, 0) is 18.9 Å². The van der Waals surface area contributed by atoms with Crippen LogP contribution in [0.3, 0.4) is 0 Å². The fourth-order valence-electron chi connectivity index (χ4n) is 1.70. The van der Waals surface area contributed by atoms with Gasteiger partial charge < -0.3 is 4.90 Å². The molecule has 1 aromatic heterocycles. The maximum absolute atomic E-state index is 10.7. The molecule has 0 radical (unpaired) electrons. The molecule has 2 heterocycles. The van der Waals surface area contributed by atoms with Crippen LogP contribution in [0.4, 0.5) is 11.5 Å². The quantitative estimate of drug-likeness (QED) is 0.528. The SMILES string of the molecule is O=[N+]([O-])c1cccnc1N1CCCC1. The van der Waals surface area contributed by atoms with Crippen LogP contribution in [-0.2, 0) is 0 Å². The molecule has 1 fully saturated rings. The first-order chi connectivity index (χ1) is 6.79. The molecule has 14 heavy (non-hydrogen) atoms. The van der Waals surface area contributed by atoms with Crippen molar-refractivity contribution in [2.45, 2.75) is 12.8 Å². The fraction of sp³-hybridized carbons (Fsp3) is 0.444. The highest BCUT2D eigenvalue weighted by Gasteiger charge is 2.22. The Morgan fingerprint density at radius 1 is 1.43 bits per heavy atom. The highest BCUT2D eigenvalue weighted by atomic mass is 16.6. The fourth-order valence-corrected chi connectivity index (χ4v) is 1.70. The summed E-state index contributed by atoms with van der Waals surface area (Å²) in [4.78, 5) is 16.4. The van der Waals surface area contributed by atoms with Crippen LogP contribution >= 0.6 is 0 Å². The van der Waals surface area contributed by atoms with Crippen molar-refractivity contribution < 1.29 is 4.92 Å². The number of anilines is 1. The van der Waals surface area contributed by atoms with E-state index in [1.807, 2.05) is 4.90 Å². The van der Waals surface area contributed by atoms with Crippen LogP contribution in [0.1, 0.15) is 12.8 Å². The summed E-state index contributed by atoms with van der Waals surface area (Å²) < 4.78 is 0. The van der Waals surface area contributed by atoms with E-state index in [1.165, 1.54) is 6.07 Å². The molecule has 1 saturated heterocycles. The number of rotatable bonds is 2. The Morgan fingerprint density at radius 3 is 2.79 bits per heavy atom. The maximum Gasteiger partial charge on any atom is 0.311 e. The average Bonchev–Trinajstić information content (AvgIpc) is 2.70. The summed E-state index contributed by atoms with van der Waals surface area (Å²) in [6.45, 7) is 1.75. The molecule has 74 valence electrons. The van der Waals surface area contributed by atoms with Crippen molar-refractivity contribution in [1.29, 1.82) is 0 Å². The van der Waals surface area contributed by atoms with E-state index in [-0.39, 0.29) is 10.6 Å². The van der Waals surface area contributed by atoms with Crippen LogP contribution in [0.2, 0.25) is 0 Å². The van der Waals surface area contributed by atoms with E-state index in [9.17, 15) is 10.1 Å². The zero-order valence-corrected chi connectivity index (χ0v) is 7.72. The number of aromatic nitrogens is 1. The van der Waals surface area contributed by atoms with Gasteiger partial charge in [-0.25, -0.2) is 4.98 Å². The topological polar surface area (TPSA) is 59.3 Å². The van der Waals surface area contributed by atoms with Gasteiger partial charge in [0.2, 0.25) is 5.82 Å². The molecule has 0 saturated carbocycles. The summed E-state index contributed by atoms with van der Waals surface area (Å²) in [7, 11) is 0. The number of nitro groups is 1. The second kappa shape index (κ2) is 3.61. The van der Waals surface area contributed by atoms with E-state index in [0.29, 0.717) is 5.82 Å². The Balaban J connectivity index is 2.35. The lowest BCUT2D eigenvalue weighted by atomic mass is 10.3. The Labute approximate surface area is 81.5 Å². The molecule has 1 aliphatic rings. The van der Waals surface area contributed by atoms with E-state index >= 15 is 0 Å². The summed E-state index contributed by atoms with van der Waals surface area (Å²) in [6.07, 6.45) is 3.78. The van der Waals surface area contributed by atoms with Crippen LogP contribution in [0.5, 0.6) is 0 Å². The number of hydrogen-bond acceptors (Lipinski definition) is 4. The van der Waals surface area contributed by atoms with Crippen molar-refractivity contribution >= 4 is 11.5 Å². The Morgan fingerprint density at radius 2 is 2.14 bits per heavy atom. The summed E-state index contributed by atoms with van der Waals surface area (Å²) in [5.41, 5.74) is 0.106. The molecular weight excluding hydrogens is 182 g/mol. The van der Waals surface area contributed by atoms with Gasteiger partial charge in [-0.2, -0.15) is 0 Å². The summed E-state index contributed by atoms with van der Waals surface area (Å²) in [5.74, 6) is 0.509. The third-order valence-electron chi connectivity index (χ3n) is 2.37. The second-order valence-electron chi connectivity index (χ2n) is 3.30. The lowest BCUT2D eigenvalue weighted by Crippen LogP contribution is -2.20. The molecule has 0 atom stereocenters. The van der Waals surface area contributed by atoms with Crippen LogP contribution in [-0.4, -0.2) is 23.0 Å². The molecule has 0 bridgehead atoms. The minimum Gasteiger partial charge on any atom is -0.351 e. The van der Waals surface area contributed by atoms with Gasteiger partial charge in [0.05, 0.1) is 4.92 Å². The normalized spacial score (nSPS) is 15.9. The predicted octanol–water partition coefficient (Wildman–Crippen LogP) is 1.59. The Kier molecular flexibility index (Phi) is 2.30. The van der Waals surface area contributed by atoms with Crippen LogP contribution in [0, 0.1) is 10.1 Å². The molecule has 2 rings (SSSR count). The van der Waals surface area contributed by atoms with Gasteiger partial charge >= 0.3 is 5.69 Å². The predicted molar refractivity (Wildman–Crippen MR) is 52.3 cm³/mol. The van der Waals surface area contributed by atoms with Gasteiger partial charge in [0, 0.05) is 25.4 Å². The third-order valence-corrected chi connectivity index (χ3v) is 2.37. The van der Waals surface area contributed by atoms with Gasteiger partial charge in [-0.3, -0.25) is 10.1 Å². The van der Waals surface area contributed by atoms with Gasteiger partial charge in [0.25, 0.3) is 0 Å². The first kappa shape index (κ1) is 8.93. The molecule has 1 aromatic rings. The van der Waals surface area contributed by atoms with Crippen LogP contribution in [0.15, 0.2) is 18.3 Å². The highest BCUT2D eigenvalue weighted by molar-refractivity contribution is 5.57. The van der Waals surface area contributed by atoms with Crippen molar-refractivity contribution in [2.24, 2.45) is 0 Å². The molecular formula is C9H11N3O2. The van der Waals surface area contributed by atoms with Crippen molar-refractivity contribution in [3.63, 3.8) is 0 Å². The molecule has 0 unspecified atom stereocenters. The van der Waals surface area contributed by atoms with Gasteiger partial charge in [-0.1, -0.05) is 0 Å². The first-order valence-electron chi connectivity index (χ1n) is 4.63. The first-order valence-corrected chi connectivity index (χ1v) is 4.63. The van der Waals surface area contributed by atoms with Crippen LogP contribution in [0.25, 0.3) is 0 Å². The van der Waals surface area contributed by atoms with Crippen molar-refractivity contribution in [3.05, 3.63) is 28.4 Å². The molecule has 0 aliphatic carbocycles. The van der Waals surface area contributed by atoms with Gasteiger partial charge in [0.15, 0.2) is 0 Å². The Hall–Kier alpha value is -1.65. The molecule has 5 heteroatoms. The number of hydrogen-bond donors (Lipinski definition) is 0. The van der Waals surface area contributed by atoms with E-state index in [2.05, 4.69) is 4.98 Å². The third kappa shape index (κ3) is 1.53. The zero-order valence-electron chi connectivity index (χ0n) is 7.72. The Bertz CT molecular complexity index is 348. The van der Waals surface area contributed by atoms with Gasteiger partial charge in [0.1, 0.15) is 0 Å². The molecule has 1 aliphatic heterocycles. The molecule has 0 amide bonds.